The van der Waals surface area contributed by atoms with E-state index in [1.807, 2.05) is 24.4 Å². The second-order valence-corrected chi connectivity index (χ2v) is 5.34. The molecule has 0 aliphatic heterocycles. The molecule has 2 rings (SSSR count). The zero-order chi connectivity index (χ0) is 12.3. The fraction of sp³-hybridized carbons (Fsp3) is 0.583. The average Bonchev–Trinajstić information content (AvgIpc) is 2.73. The maximum atomic E-state index is 11.3. The highest BCUT2D eigenvalue weighted by Gasteiger charge is 2.50. The summed E-state index contributed by atoms with van der Waals surface area (Å²) in [6, 6.07) is 3.98. The molecule has 1 aliphatic carbocycles. The quantitative estimate of drug-likeness (QED) is 0.814. The Hall–Kier alpha value is -0.910. The minimum absolute atomic E-state index is 0.0898. The minimum atomic E-state index is -0.788. The van der Waals surface area contributed by atoms with Crippen molar-refractivity contribution in [3.05, 3.63) is 22.4 Å². The van der Waals surface area contributed by atoms with Crippen LogP contribution in [0.25, 0.3) is 0 Å². The van der Waals surface area contributed by atoms with Gasteiger partial charge in [0.05, 0.1) is 6.10 Å². The van der Waals surface area contributed by atoms with Gasteiger partial charge >= 0.3 is 5.97 Å². The topological polar surface area (TPSA) is 58.6 Å². The van der Waals surface area contributed by atoms with Crippen molar-refractivity contribution in [1.82, 2.24) is 5.32 Å². The summed E-state index contributed by atoms with van der Waals surface area (Å²) in [7, 11) is 0. The first-order chi connectivity index (χ1) is 8.16. The molecule has 94 valence electrons. The fourth-order valence-corrected chi connectivity index (χ4v) is 2.78. The molecule has 2 N–H and O–H groups in total. The van der Waals surface area contributed by atoms with Crippen LogP contribution in [0.3, 0.4) is 0 Å². The first kappa shape index (κ1) is 12.5. The summed E-state index contributed by atoms with van der Waals surface area (Å²) in [5, 5.41) is 14.4. The number of rotatable bonds is 6. The molecule has 0 unspecified atom stereocenters. The van der Waals surface area contributed by atoms with Crippen molar-refractivity contribution in [2.75, 3.05) is 6.61 Å². The summed E-state index contributed by atoms with van der Waals surface area (Å²) in [5.74, 6) is -0.773. The van der Waals surface area contributed by atoms with Gasteiger partial charge in [-0.05, 0) is 18.4 Å². The highest BCUT2D eigenvalue weighted by molar-refractivity contribution is 7.09. The molecule has 1 aromatic heterocycles. The second-order valence-electron chi connectivity index (χ2n) is 4.31. The van der Waals surface area contributed by atoms with Gasteiger partial charge in [-0.3, -0.25) is 10.1 Å². The van der Waals surface area contributed by atoms with Gasteiger partial charge in [0.25, 0.3) is 0 Å². The number of aliphatic carboxylic acids is 1. The summed E-state index contributed by atoms with van der Waals surface area (Å²) in [6.07, 6.45) is 1.20. The van der Waals surface area contributed by atoms with E-state index in [1.165, 1.54) is 0 Å². The standard InChI is InChI=1S/C12H17NO3S/c1-2-16-9-6-12(7-9,11(14)15)13-8-10-4-3-5-17-10/h3-5,9,13H,2,6-8H2,1H3,(H,14,15). The number of carboxylic acids is 1. The van der Waals surface area contributed by atoms with E-state index in [4.69, 9.17) is 4.74 Å². The fourth-order valence-electron chi connectivity index (χ4n) is 2.14. The molecule has 1 aliphatic rings. The Morgan fingerprint density at radius 1 is 1.71 bits per heavy atom. The summed E-state index contributed by atoms with van der Waals surface area (Å²) >= 11 is 1.63. The Morgan fingerprint density at radius 2 is 2.47 bits per heavy atom. The monoisotopic (exact) mass is 255 g/mol. The Labute approximate surface area is 105 Å². The van der Waals surface area contributed by atoms with E-state index in [-0.39, 0.29) is 6.10 Å². The molecule has 1 fully saturated rings. The Bertz CT molecular complexity index is 371. The van der Waals surface area contributed by atoms with Crippen LogP contribution in [-0.4, -0.2) is 29.3 Å². The van der Waals surface area contributed by atoms with E-state index in [9.17, 15) is 9.90 Å². The van der Waals surface area contributed by atoms with E-state index >= 15 is 0 Å². The third-order valence-electron chi connectivity index (χ3n) is 3.15. The van der Waals surface area contributed by atoms with E-state index in [0.29, 0.717) is 26.0 Å². The molecular formula is C12H17NO3S. The third-order valence-corrected chi connectivity index (χ3v) is 4.02. The van der Waals surface area contributed by atoms with Crippen LogP contribution in [0.1, 0.15) is 24.6 Å². The van der Waals surface area contributed by atoms with Crippen LogP contribution in [-0.2, 0) is 16.1 Å². The Kier molecular flexibility index (Phi) is 3.81. The zero-order valence-corrected chi connectivity index (χ0v) is 10.6. The van der Waals surface area contributed by atoms with Crippen LogP contribution >= 0.6 is 11.3 Å². The maximum Gasteiger partial charge on any atom is 0.324 e. The Balaban J connectivity index is 1.89. The van der Waals surface area contributed by atoms with Gasteiger partial charge < -0.3 is 9.84 Å². The summed E-state index contributed by atoms with van der Waals surface area (Å²) in [4.78, 5) is 12.5. The molecule has 0 saturated heterocycles. The van der Waals surface area contributed by atoms with Gasteiger partial charge in [-0.1, -0.05) is 6.07 Å². The summed E-state index contributed by atoms with van der Waals surface area (Å²) in [5.41, 5.74) is -0.788. The van der Waals surface area contributed by atoms with Gasteiger partial charge in [-0.25, -0.2) is 0 Å². The van der Waals surface area contributed by atoms with Crippen LogP contribution < -0.4 is 5.32 Å². The van der Waals surface area contributed by atoms with Crippen LogP contribution in [0.2, 0.25) is 0 Å². The minimum Gasteiger partial charge on any atom is -0.480 e. The first-order valence-corrected chi connectivity index (χ1v) is 6.66. The molecule has 1 saturated carbocycles. The van der Waals surface area contributed by atoms with E-state index in [0.717, 1.165) is 4.88 Å². The molecule has 1 aromatic rings. The molecule has 0 amide bonds. The van der Waals surface area contributed by atoms with Crippen LogP contribution in [0, 0.1) is 0 Å². The largest absolute Gasteiger partial charge is 0.480 e. The third kappa shape index (κ3) is 2.68. The highest BCUT2D eigenvalue weighted by atomic mass is 32.1. The molecule has 0 aromatic carbocycles. The lowest BCUT2D eigenvalue weighted by atomic mass is 9.74. The highest BCUT2D eigenvalue weighted by Crippen LogP contribution is 2.35. The second kappa shape index (κ2) is 5.16. The van der Waals surface area contributed by atoms with Gasteiger partial charge in [0.15, 0.2) is 0 Å². The number of hydrogen-bond acceptors (Lipinski definition) is 4. The van der Waals surface area contributed by atoms with E-state index in [1.54, 1.807) is 11.3 Å². The normalized spacial score (nSPS) is 27.7. The molecule has 17 heavy (non-hydrogen) atoms. The smallest absolute Gasteiger partial charge is 0.324 e. The van der Waals surface area contributed by atoms with Gasteiger partial charge in [-0.15, -0.1) is 11.3 Å². The van der Waals surface area contributed by atoms with Crippen molar-refractivity contribution in [2.24, 2.45) is 0 Å². The molecule has 5 heteroatoms. The Morgan fingerprint density at radius 3 is 3.00 bits per heavy atom. The van der Waals surface area contributed by atoms with Crippen LogP contribution in [0.15, 0.2) is 17.5 Å². The van der Waals surface area contributed by atoms with E-state index in [2.05, 4.69) is 5.32 Å². The van der Waals surface area contributed by atoms with Crippen LogP contribution in [0.4, 0.5) is 0 Å². The average molecular weight is 255 g/mol. The molecule has 0 bridgehead atoms. The maximum absolute atomic E-state index is 11.3. The van der Waals surface area contributed by atoms with Crippen molar-refractivity contribution in [2.45, 2.75) is 38.0 Å². The lowest BCUT2D eigenvalue weighted by Crippen LogP contribution is -2.63. The van der Waals surface area contributed by atoms with Gasteiger partial charge in [-0.2, -0.15) is 0 Å². The SMILES string of the molecule is CCOC1CC(NCc2cccs2)(C(=O)O)C1. The number of ether oxygens (including phenoxy) is 1. The predicted molar refractivity (Wildman–Crippen MR) is 66.2 cm³/mol. The molecule has 0 spiro atoms. The van der Waals surface area contributed by atoms with E-state index < -0.39 is 11.5 Å². The van der Waals surface area contributed by atoms with Gasteiger partial charge in [0.2, 0.25) is 0 Å². The predicted octanol–water partition coefficient (Wildman–Crippen LogP) is 1.86. The van der Waals surface area contributed by atoms with Crippen LogP contribution in [0.5, 0.6) is 0 Å². The van der Waals surface area contributed by atoms with Crippen molar-refractivity contribution in [1.29, 1.82) is 0 Å². The van der Waals surface area contributed by atoms with Crippen molar-refractivity contribution >= 4 is 17.3 Å². The molecule has 1 heterocycles. The number of nitrogens with one attached hydrogen (secondary N) is 1. The lowest BCUT2D eigenvalue weighted by Gasteiger charge is -2.44. The summed E-state index contributed by atoms with van der Waals surface area (Å²) < 4.78 is 5.42. The molecule has 0 atom stereocenters. The lowest BCUT2D eigenvalue weighted by molar-refractivity contribution is -0.157. The summed E-state index contributed by atoms with van der Waals surface area (Å²) in [6.45, 7) is 3.19. The first-order valence-electron chi connectivity index (χ1n) is 5.79. The number of carboxylic acid groups (broad SMARTS) is 1. The van der Waals surface area contributed by atoms with Crippen molar-refractivity contribution in [3.8, 4) is 0 Å². The molecule has 0 radical (unpaired) electrons. The molecular weight excluding hydrogens is 238 g/mol. The van der Waals surface area contributed by atoms with Crippen molar-refractivity contribution in [3.63, 3.8) is 0 Å². The number of thiophene rings is 1. The number of carbonyl (C=O) groups is 1. The number of hydrogen-bond donors (Lipinski definition) is 2. The zero-order valence-electron chi connectivity index (χ0n) is 9.81. The van der Waals surface area contributed by atoms with Gasteiger partial charge in [0, 0.05) is 30.9 Å². The van der Waals surface area contributed by atoms with Crippen molar-refractivity contribution < 1.29 is 14.6 Å². The van der Waals surface area contributed by atoms with Gasteiger partial charge in [0.1, 0.15) is 5.54 Å². The molecule has 4 nitrogen and oxygen atoms in total.